The Labute approximate surface area is 145 Å². The molecule has 0 saturated heterocycles. The van der Waals surface area contributed by atoms with E-state index in [0.29, 0.717) is 19.6 Å². The summed E-state index contributed by atoms with van der Waals surface area (Å²) in [5.74, 6) is -0.110. The second-order valence-corrected chi connectivity index (χ2v) is 6.35. The van der Waals surface area contributed by atoms with Crippen LogP contribution in [0.25, 0.3) is 0 Å². The van der Waals surface area contributed by atoms with Gasteiger partial charge in [-0.05, 0) is 19.4 Å². The molecule has 0 radical (unpaired) electrons. The first kappa shape index (κ1) is 17.9. The number of hydrogen-bond donors (Lipinski definition) is 2. The van der Waals surface area contributed by atoms with Crippen molar-refractivity contribution < 1.29 is 9.59 Å². The first-order chi connectivity index (χ1) is 11.6. The van der Waals surface area contributed by atoms with E-state index in [2.05, 4.69) is 15.6 Å². The van der Waals surface area contributed by atoms with E-state index < -0.39 is 0 Å². The van der Waals surface area contributed by atoms with Crippen LogP contribution in [0.5, 0.6) is 0 Å². The number of hydrogen-bond acceptors (Lipinski definition) is 4. The van der Waals surface area contributed by atoms with Crippen molar-refractivity contribution in [1.82, 2.24) is 20.5 Å². The summed E-state index contributed by atoms with van der Waals surface area (Å²) in [7, 11) is 0. The Bertz CT molecular complexity index is 672. The summed E-state index contributed by atoms with van der Waals surface area (Å²) in [4.78, 5) is 30.0. The lowest BCUT2D eigenvalue weighted by molar-refractivity contribution is -0.130. The van der Waals surface area contributed by atoms with Crippen LogP contribution in [0.2, 0.25) is 0 Å². The van der Waals surface area contributed by atoms with Gasteiger partial charge in [-0.3, -0.25) is 4.79 Å². The monoisotopic (exact) mass is 346 g/mol. The van der Waals surface area contributed by atoms with E-state index in [-0.39, 0.29) is 18.5 Å². The number of nitrogens with one attached hydrogen (secondary N) is 2. The van der Waals surface area contributed by atoms with Gasteiger partial charge in [0.15, 0.2) is 0 Å². The molecule has 1 heterocycles. The Morgan fingerprint density at radius 2 is 1.96 bits per heavy atom. The molecular formula is C17H22N4O2S. The number of thiazole rings is 1. The van der Waals surface area contributed by atoms with Crippen LogP contribution in [0.4, 0.5) is 4.79 Å². The summed E-state index contributed by atoms with van der Waals surface area (Å²) >= 11 is 1.54. The molecule has 0 spiro atoms. The van der Waals surface area contributed by atoms with E-state index in [1.807, 2.05) is 49.6 Å². The molecule has 0 atom stereocenters. The molecule has 2 rings (SSSR count). The van der Waals surface area contributed by atoms with Crippen molar-refractivity contribution in [3.63, 3.8) is 0 Å². The van der Waals surface area contributed by atoms with Crippen molar-refractivity contribution in [2.45, 2.75) is 26.9 Å². The van der Waals surface area contributed by atoms with Crippen LogP contribution in [-0.2, 0) is 17.9 Å². The van der Waals surface area contributed by atoms with E-state index in [9.17, 15) is 9.59 Å². The molecule has 128 valence electrons. The third-order valence-electron chi connectivity index (χ3n) is 3.45. The van der Waals surface area contributed by atoms with Crippen LogP contribution >= 0.6 is 11.3 Å². The van der Waals surface area contributed by atoms with E-state index in [1.54, 1.807) is 4.90 Å². The Morgan fingerprint density at radius 3 is 2.58 bits per heavy atom. The van der Waals surface area contributed by atoms with E-state index in [1.165, 1.54) is 11.3 Å². The van der Waals surface area contributed by atoms with Gasteiger partial charge in [-0.25, -0.2) is 9.78 Å². The Hall–Kier alpha value is -2.41. The summed E-state index contributed by atoms with van der Waals surface area (Å²) in [6, 6.07) is 9.42. The van der Waals surface area contributed by atoms with Crippen molar-refractivity contribution in [3.05, 3.63) is 52.0 Å². The number of benzene rings is 1. The maximum Gasteiger partial charge on any atom is 0.315 e. The largest absolute Gasteiger partial charge is 0.337 e. The number of nitrogens with zero attached hydrogens (tertiary/aromatic N) is 2. The zero-order valence-corrected chi connectivity index (χ0v) is 14.7. The van der Waals surface area contributed by atoms with Crippen LogP contribution in [0.1, 0.15) is 23.2 Å². The van der Waals surface area contributed by atoms with Gasteiger partial charge >= 0.3 is 6.03 Å². The van der Waals surface area contributed by atoms with Gasteiger partial charge in [0.05, 0.1) is 23.8 Å². The quantitative estimate of drug-likeness (QED) is 0.808. The molecule has 0 bridgehead atoms. The number of urea groups is 1. The fourth-order valence-corrected chi connectivity index (χ4v) is 2.78. The summed E-state index contributed by atoms with van der Waals surface area (Å²) in [6.45, 7) is 5.30. The topological polar surface area (TPSA) is 74.3 Å². The zero-order chi connectivity index (χ0) is 17.4. The number of carbonyl (C=O) groups is 2. The van der Waals surface area contributed by atoms with E-state index in [4.69, 9.17) is 0 Å². The van der Waals surface area contributed by atoms with Crippen LogP contribution in [0, 0.1) is 6.92 Å². The Morgan fingerprint density at radius 1 is 1.21 bits per heavy atom. The Kier molecular flexibility index (Phi) is 6.74. The fourth-order valence-electron chi connectivity index (χ4n) is 2.17. The minimum Gasteiger partial charge on any atom is -0.337 e. The highest BCUT2D eigenvalue weighted by Crippen LogP contribution is 2.07. The van der Waals surface area contributed by atoms with Crippen molar-refractivity contribution in [3.8, 4) is 0 Å². The number of aromatic nitrogens is 1. The summed E-state index contributed by atoms with van der Waals surface area (Å²) in [5, 5.41) is 8.15. The molecule has 0 unspecified atom stereocenters. The molecule has 0 aliphatic carbocycles. The number of amides is 3. The molecule has 2 aromatic rings. The molecule has 0 saturated carbocycles. The van der Waals surface area contributed by atoms with Gasteiger partial charge in [0.25, 0.3) is 0 Å². The van der Waals surface area contributed by atoms with E-state index in [0.717, 1.165) is 16.3 Å². The Balaban J connectivity index is 1.75. The predicted molar refractivity (Wildman–Crippen MR) is 94.6 cm³/mol. The highest BCUT2D eigenvalue weighted by atomic mass is 32.1. The van der Waals surface area contributed by atoms with Crippen molar-refractivity contribution >= 4 is 23.3 Å². The first-order valence-corrected chi connectivity index (χ1v) is 8.71. The maximum absolute atomic E-state index is 12.2. The van der Waals surface area contributed by atoms with Crippen molar-refractivity contribution in [1.29, 1.82) is 0 Å². The molecular weight excluding hydrogens is 324 g/mol. The second kappa shape index (κ2) is 9.02. The third kappa shape index (κ3) is 5.66. The predicted octanol–water partition coefficient (Wildman–Crippen LogP) is 2.30. The number of rotatable bonds is 7. The summed E-state index contributed by atoms with van der Waals surface area (Å²) in [6.07, 6.45) is 0. The maximum atomic E-state index is 12.2. The standard InChI is InChI=1S/C17H22N4O2S/c1-3-21(11-14-7-5-4-6-8-14)16(22)10-19-17(23)18-9-15-12-24-13(2)20-15/h4-8,12H,3,9-11H2,1-2H3,(H2,18,19,23). The molecule has 0 aliphatic heterocycles. The SMILES string of the molecule is CCN(Cc1ccccc1)C(=O)CNC(=O)NCc1csc(C)n1. The van der Waals surface area contributed by atoms with Crippen LogP contribution in [0.15, 0.2) is 35.7 Å². The molecule has 7 heteroatoms. The molecule has 6 nitrogen and oxygen atoms in total. The average Bonchev–Trinajstić information content (AvgIpc) is 3.02. The number of carbonyl (C=O) groups excluding carboxylic acids is 2. The van der Waals surface area contributed by atoms with E-state index >= 15 is 0 Å². The van der Waals surface area contributed by atoms with Crippen molar-refractivity contribution in [2.75, 3.05) is 13.1 Å². The number of likely N-dealkylation sites (N-methyl/N-ethyl adjacent to an activating group) is 1. The van der Waals surface area contributed by atoms with Gasteiger partial charge in [0, 0.05) is 18.5 Å². The highest BCUT2D eigenvalue weighted by molar-refractivity contribution is 7.09. The molecule has 0 fully saturated rings. The zero-order valence-electron chi connectivity index (χ0n) is 13.9. The first-order valence-electron chi connectivity index (χ1n) is 7.83. The fraction of sp³-hybridized carbons (Fsp3) is 0.353. The van der Waals surface area contributed by atoms with Gasteiger partial charge in [-0.1, -0.05) is 30.3 Å². The van der Waals surface area contributed by atoms with Gasteiger partial charge in [-0.15, -0.1) is 11.3 Å². The van der Waals surface area contributed by atoms with Gasteiger partial charge in [0.1, 0.15) is 0 Å². The second-order valence-electron chi connectivity index (χ2n) is 5.29. The van der Waals surface area contributed by atoms with Gasteiger partial charge < -0.3 is 15.5 Å². The minimum absolute atomic E-state index is 0.0252. The molecule has 3 amide bonds. The smallest absolute Gasteiger partial charge is 0.315 e. The molecule has 24 heavy (non-hydrogen) atoms. The molecule has 1 aromatic heterocycles. The summed E-state index contributed by atoms with van der Waals surface area (Å²) in [5.41, 5.74) is 1.88. The lowest BCUT2D eigenvalue weighted by atomic mass is 10.2. The normalized spacial score (nSPS) is 10.2. The molecule has 0 aliphatic rings. The average molecular weight is 346 g/mol. The lowest BCUT2D eigenvalue weighted by Gasteiger charge is -2.21. The minimum atomic E-state index is -0.371. The van der Waals surface area contributed by atoms with Crippen molar-refractivity contribution in [2.24, 2.45) is 0 Å². The van der Waals surface area contributed by atoms with Crippen LogP contribution in [0.3, 0.4) is 0 Å². The summed E-state index contributed by atoms with van der Waals surface area (Å²) < 4.78 is 0. The highest BCUT2D eigenvalue weighted by Gasteiger charge is 2.13. The third-order valence-corrected chi connectivity index (χ3v) is 4.27. The van der Waals surface area contributed by atoms with Gasteiger partial charge in [0.2, 0.25) is 5.91 Å². The molecule has 2 N–H and O–H groups in total. The van der Waals surface area contributed by atoms with Crippen LogP contribution in [-0.4, -0.2) is 34.9 Å². The molecule has 1 aromatic carbocycles. The van der Waals surface area contributed by atoms with Gasteiger partial charge in [-0.2, -0.15) is 0 Å². The lowest BCUT2D eigenvalue weighted by Crippen LogP contribution is -2.43. The number of aryl methyl sites for hydroxylation is 1. The van der Waals surface area contributed by atoms with Crippen LogP contribution < -0.4 is 10.6 Å².